The minimum Gasteiger partial charge on any atom is -0.454 e. The number of hydrogen-bond acceptors (Lipinski definition) is 5. The van der Waals surface area contributed by atoms with Crippen molar-refractivity contribution in [3.63, 3.8) is 0 Å². The van der Waals surface area contributed by atoms with Crippen LogP contribution in [0.3, 0.4) is 0 Å². The van der Waals surface area contributed by atoms with Gasteiger partial charge in [-0.1, -0.05) is 23.7 Å². The zero-order valence-electron chi connectivity index (χ0n) is 12.7. The molecule has 3 aromatic rings. The molecule has 7 heteroatoms. The highest BCUT2D eigenvalue weighted by molar-refractivity contribution is 7.13. The van der Waals surface area contributed by atoms with Crippen LogP contribution in [0.2, 0.25) is 0 Å². The smallest absolute Gasteiger partial charge is 0.268 e. The van der Waals surface area contributed by atoms with E-state index in [1.807, 2.05) is 18.2 Å². The molecule has 2 aromatic carbocycles. The van der Waals surface area contributed by atoms with E-state index >= 15 is 0 Å². The summed E-state index contributed by atoms with van der Waals surface area (Å²) >= 11 is 1.38. The lowest BCUT2D eigenvalue weighted by Gasteiger charge is -2.06. The van der Waals surface area contributed by atoms with Crippen LogP contribution in [0, 0.1) is 0 Å². The number of anilines is 1. The van der Waals surface area contributed by atoms with Crippen LogP contribution in [0.1, 0.15) is 6.42 Å². The molecule has 4 rings (SSSR count). The van der Waals surface area contributed by atoms with Gasteiger partial charge in [-0.05, 0) is 24.3 Å². The number of nitrogens with one attached hydrogen (secondary N) is 1. The average Bonchev–Trinajstić information content (AvgIpc) is 3.17. The first-order valence-corrected chi connectivity index (χ1v) is 8.26. The summed E-state index contributed by atoms with van der Waals surface area (Å²) in [5.41, 5.74) is 0.597. The van der Waals surface area contributed by atoms with Gasteiger partial charge < -0.3 is 14.8 Å². The van der Waals surface area contributed by atoms with Gasteiger partial charge in [-0.15, -0.1) is 0 Å². The molecule has 1 aromatic heterocycles. The van der Waals surface area contributed by atoms with Crippen molar-refractivity contribution in [1.82, 2.24) is 3.96 Å². The Labute approximate surface area is 141 Å². The zero-order valence-corrected chi connectivity index (χ0v) is 13.5. The van der Waals surface area contributed by atoms with E-state index in [-0.39, 0.29) is 24.7 Å². The molecule has 0 radical (unpaired) electrons. The van der Waals surface area contributed by atoms with Crippen LogP contribution in [0.4, 0.5) is 5.69 Å². The number of carbonyl (C=O) groups is 1. The molecule has 6 nitrogen and oxygen atoms in total. The van der Waals surface area contributed by atoms with Gasteiger partial charge in [0.2, 0.25) is 12.7 Å². The van der Waals surface area contributed by atoms with Gasteiger partial charge in [0.1, 0.15) is 0 Å². The van der Waals surface area contributed by atoms with E-state index < -0.39 is 0 Å². The molecule has 0 saturated heterocycles. The SMILES string of the molecule is O=C(CCn1sc2ccccc2c1=O)Nc1ccc2c(c1)OCO2. The van der Waals surface area contributed by atoms with E-state index in [4.69, 9.17) is 9.47 Å². The predicted octanol–water partition coefficient (Wildman–Crippen LogP) is 2.82. The number of rotatable bonds is 4. The van der Waals surface area contributed by atoms with E-state index in [0.29, 0.717) is 29.1 Å². The number of fused-ring (bicyclic) bond motifs is 2. The van der Waals surface area contributed by atoms with E-state index in [1.165, 1.54) is 11.5 Å². The van der Waals surface area contributed by atoms with Crippen molar-refractivity contribution in [3.8, 4) is 11.5 Å². The van der Waals surface area contributed by atoms with Gasteiger partial charge in [-0.3, -0.25) is 13.5 Å². The van der Waals surface area contributed by atoms with E-state index in [0.717, 1.165) is 4.70 Å². The van der Waals surface area contributed by atoms with Crippen LogP contribution >= 0.6 is 11.5 Å². The molecule has 0 bridgehead atoms. The number of ether oxygens (including phenoxy) is 2. The third kappa shape index (κ3) is 2.74. The largest absolute Gasteiger partial charge is 0.454 e. The number of aromatic nitrogens is 1. The number of hydrogen-bond donors (Lipinski definition) is 1. The lowest BCUT2D eigenvalue weighted by Crippen LogP contribution is -2.18. The van der Waals surface area contributed by atoms with Crippen LogP contribution < -0.4 is 20.3 Å². The lowest BCUT2D eigenvalue weighted by atomic mass is 10.2. The van der Waals surface area contributed by atoms with Crippen molar-refractivity contribution in [1.29, 1.82) is 0 Å². The summed E-state index contributed by atoms with van der Waals surface area (Å²) in [5.74, 6) is 1.14. The molecule has 24 heavy (non-hydrogen) atoms. The summed E-state index contributed by atoms with van der Waals surface area (Å²) < 4.78 is 13.1. The number of amides is 1. The first-order valence-electron chi connectivity index (χ1n) is 7.49. The van der Waals surface area contributed by atoms with Gasteiger partial charge in [0, 0.05) is 24.7 Å². The summed E-state index contributed by atoms with van der Waals surface area (Å²) in [7, 11) is 0. The highest BCUT2D eigenvalue weighted by Gasteiger charge is 2.14. The molecular weight excluding hydrogens is 328 g/mol. The molecule has 1 aliphatic rings. The van der Waals surface area contributed by atoms with Crippen LogP contribution in [0.5, 0.6) is 11.5 Å². The highest BCUT2D eigenvalue weighted by atomic mass is 32.1. The van der Waals surface area contributed by atoms with E-state index in [1.54, 1.807) is 28.2 Å². The molecule has 1 N–H and O–H groups in total. The topological polar surface area (TPSA) is 69.6 Å². The molecular formula is C17H14N2O4S. The van der Waals surface area contributed by atoms with Crippen molar-refractivity contribution in [2.24, 2.45) is 0 Å². The highest BCUT2D eigenvalue weighted by Crippen LogP contribution is 2.34. The fraction of sp³-hybridized carbons (Fsp3) is 0.176. The molecule has 0 spiro atoms. The Morgan fingerprint density at radius 3 is 2.88 bits per heavy atom. The predicted molar refractivity (Wildman–Crippen MR) is 91.9 cm³/mol. The van der Waals surface area contributed by atoms with Gasteiger partial charge in [0.05, 0.1) is 10.1 Å². The lowest BCUT2D eigenvalue weighted by molar-refractivity contribution is -0.116. The van der Waals surface area contributed by atoms with Crippen molar-refractivity contribution in [3.05, 3.63) is 52.8 Å². The number of carbonyl (C=O) groups excluding carboxylic acids is 1. The second-order valence-electron chi connectivity index (χ2n) is 5.36. The van der Waals surface area contributed by atoms with Crippen molar-refractivity contribution in [2.45, 2.75) is 13.0 Å². The van der Waals surface area contributed by atoms with Crippen LogP contribution in [-0.2, 0) is 11.3 Å². The Morgan fingerprint density at radius 1 is 1.17 bits per heavy atom. The van der Waals surface area contributed by atoms with Gasteiger partial charge in [-0.25, -0.2) is 0 Å². The number of benzene rings is 2. The van der Waals surface area contributed by atoms with Crippen LogP contribution in [-0.4, -0.2) is 16.7 Å². The van der Waals surface area contributed by atoms with E-state index in [9.17, 15) is 9.59 Å². The third-order valence-corrected chi connectivity index (χ3v) is 4.87. The first-order chi connectivity index (χ1) is 11.7. The zero-order chi connectivity index (χ0) is 16.5. The second kappa shape index (κ2) is 6.01. The monoisotopic (exact) mass is 342 g/mol. The minimum atomic E-state index is -0.154. The molecule has 0 saturated carbocycles. The van der Waals surface area contributed by atoms with Gasteiger partial charge >= 0.3 is 0 Å². The Bertz CT molecular complexity index is 976. The van der Waals surface area contributed by atoms with Crippen molar-refractivity contribution >= 4 is 33.2 Å². The summed E-state index contributed by atoms with van der Waals surface area (Å²) in [6, 6.07) is 12.7. The standard InChI is InChI=1S/C17H14N2O4S/c20-16(18-11-5-6-13-14(9-11)23-10-22-13)7-8-19-17(21)12-3-1-2-4-15(12)24-19/h1-6,9H,7-8,10H2,(H,18,20). The summed E-state index contributed by atoms with van der Waals surface area (Å²) in [5, 5.41) is 3.50. The summed E-state index contributed by atoms with van der Waals surface area (Å²) in [4.78, 5) is 24.4. The van der Waals surface area contributed by atoms with Gasteiger partial charge in [-0.2, -0.15) is 0 Å². The molecule has 0 atom stereocenters. The second-order valence-corrected chi connectivity index (χ2v) is 6.42. The van der Waals surface area contributed by atoms with Crippen LogP contribution in [0.15, 0.2) is 47.3 Å². The maximum Gasteiger partial charge on any atom is 0.268 e. The summed E-state index contributed by atoms with van der Waals surface area (Å²) in [6.45, 7) is 0.552. The Kier molecular flexibility index (Phi) is 3.70. The molecule has 0 unspecified atom stereocenters. The average molecular weight is 342 g/mol. The van der Waals surface area contributed by atoms with Crippen molar-refractivity contribution < 1.29 is 14.3 Å². The molecule has 0 aliphatic carbocycles. The fourth-order valence-electron chi connectivity index (χ4n) is 2.57. The van der Waals surface area contributed by atoms with E-state index in [2.05, 4.69) is 5.32 Å². The third-order valence-electron chi connectivity index (χ3n) is 3.75. The van der Waals surface area contributed by atoms with Gasteiger partial charge in [0.25, 0.3) is 5.56 Å². The van der Waals surface area contributed by atoms with Crippen molar-refractivity contribution in [2.75, 3.05) is 12.1 Å². The Morgan fingerprint density at radius 2 is 2.00 bits per heavy atom. The minimum absolute atomic E-state index is 0.0496. The molecule has 1 amide bonds. The number of aryl methyl sites for hydroxylation is 1. The molecule has 1 aliphatic heterocycles. The maximum absolute atomic E-state index is 12.2. The normalized spacial score (nSPS) is 12.5. The molecule has 2 heterocycles. The van der Waals surface area contributed by atoms with Crippen LogP contribution in [0.25, 0.3) is 10.1 Å². The quantitative estimate of drug-likeness (QED) is 0.791. The first kappa shape index (κ1) is 14.8. The fourth-order valence-corrected chi connectivity index (χ4v) is 3.56. The molecule has 0 fully saturated rings. The maximum atomic E-state index is 12.2. The summed E-state index contributed by atoms with van der Waals surface area (Å²) in [6.07, 6.45) is 0.223. The van der Waals surface area contributed by atoms with Gasteiger partial charge in [0.15, 0.2) is 11.5 Å². The Hall–Kier alpha value is -2.80. The molecule has 122 valence electrons. The Balaban J connectivity index is 1.43. The number of nitrogens with zero attached hydrogens (tertiary/aromatic N) is 1.